The molecule has 0 saturated carbocycles. The number of likely N-dealkylation sites (tertiary alicyclic amines) is 1. The number of hydrogen-bond donors (Lipinski definition) is 1. The highest BCUT2D eigenvalue weighted by Gasteiger charge is 2.41. The van der Waals surface area contributed by atoms with E-state index in [1.54, 1.807) is 0 Å². The van der Waals surface area contributed by atoms with E-state index in [4.69, 9.17) is 15.2 Å². The second-order valence-electron chi connectivity index (χ2n) is 6.33. The molecular weight excluding hydrogens is 353 g/mol. The molecule has 144 valence electrons. The molecule has 2 N–H and O–H groups in total. The van der Waals surface area contributed by atoms with Gasteiger partial charge in [0.05, 0.1) is 18.2 Å². The SMILES string of the molecule is CCN(CC)CCOC1CCN(C(=O)C2(N)CCOCC2)C1.Cl.Cl. The molecule has 1 atom stereocenters. The number of carbonyl (C=O) groups is 1. The summed E-state index contributed by atoms with van der Waals surface area (Å²) in [6.07, 6.45) is 2.31. The Balaban J connectivity index is 0.00000264. The normalized spacial score (nSPS) is 22.8. The minimum Gasteiger partial charge on any atom is -0.381 e. The first kappa shape index (κ1) is 23.9. The van der Waals surface area contributed by atoms with Crippen molar-refractivity contribution < 1.29 is 14.3 Å². The lowest BCUT2D eigenvalue weighted by atomic mass is 9.90. The zero-order valence-electron chi connectivity index (χ0n) is 14.9. The van der Waals surface area contributed by atoms with E-state index in [-0.39, 0.29) is 36.8 Å². The summed E-state index contributed by atoms with van der Waals surface area (Å²) < 4.78 is 11.3. The van der Waals surface area contributed by atoms with Crippen molar-refractivity contribution in [3.8, 4) is 0 Å². The summed E-state index contributed by atoms with van der Waals surface area (Å²) in [5, 5.41) is 0. The molecular formula is C16H33Cl2N3O3. The molecule has 24 heavy (non-hydrogen) atoms. The molecule has 1 amide bonds. The van der Waals surface area contributed by atoms with E-state index >= 15 is 0 Å². The van der Waals surface area contributed by atoms with E-state index in [1.165, 1.54) is 0 Å². The van der Waals surface area contributed by atoms with E-state index < -0.39 is 5.54 Å². The van der Waals surface area contributed by atoms with Crippen molar-refractivity contribution >= 4 is 30.7 Å². The fourth-order valence-corrected chi connectivity index (χ4v) is 3.20. The lowest BCUT2D eigenvalue weighted by Gasteiger charge is -2.35. The van der Waals surface area contributed by atoms with Gasteiger partial charge in [0.25, 0.3) is 0 Å². The second-order valence-corrected chi connectivity index (χ2v) is 6.33. The second kappa shape index (κ2) is 11.5. The predicted molar refractivity (Wildman–Crippen MR) is 100 cm³/mol. The number of amides is 1. The minimum atomic E-state index is -0.728. The maximum absolute atomic E-state index is 12.6. The van der Waals surface area contributed by atoms with Gasteiger partial charge in [-0.15, -0.1) is 24.8 Å². The molecule has 1 unspecified atom stereocenters. The highest BCUT2D eigenvalue weighted by molar-refractivity contribution is 5.86. The van der Waals surface area contributed by atoms with Gasteiger partial charge in [0, 0.05) is 32.8 Å². The van der Waals surface area contributed by atoms with Gasteiger partial charge in [-0.05, 0) is 32.4 Å². The number of ether oxygens (including phenoxy) is 2. The van der Waals surface area contributed by atoms with Crippen molar-refractivity contribution in [3.05, 3.63) is 0 Å². The van der Waals surface area contributed by atoms with E-state index in [0.717, 1.165) is 39.2 Å². The summed E-state index contributed by atoms with van der Waals surface area (Å²) in [6.45, 7) is 10.7. The molecule has 0 aromatic carbocycles. The molecule has 8 heteroatoms. The number of likely N-dealkylation sites (N-methyl/N-ethyl adjacent to an activating group) is 1. The smallest absolute Gasteiger partial charge is 0.242 e. The van der Waals surface area contributed by atoms with Crippen molar-refractivity contribution in [2.24, 2.45) is 5.73 Å². The fraction of sp³-hybridized carbons (Fsp3) is 0.938. The average Bonchev–Trinajstić information content (AvgIpc) is 3.00. The van der Waals surface area contributed by atoms with E-state index in [9.17, 15) is 4.79 Å². The Labute approximate surface area is 158 Å². The first-order valence-electron chi connectivity index (χ1n) is 8.59. The van der Waals surface area contributed by atoms with Crippen LogP contribution >= 0.6 is 24.8 Å². The Hall–Kier alpha value is -0.110. The number of hydrogen-bond acceptors (Lipinski definition) is 5. The zero-order valence-corrected chi connectivity index (χ0v) is 16.5. The number of nitrogens with zero attached hydrogens (tertiary/aromatic N) is 2. The van der Waals surface area contributed by atoms with Gasteiger partial charge in [-0.1, -0.05) is 13.8 Å². The first-order chi connectivity index (χ1) is 10.6. The lowest BCUT2D eigenvalue weighted by Crippen LogP contribution is -2.57. The number of carbonyl (C=O) groups excluding carboxylic acids is 1. The van der Waals surface area contributed by atoms with Crippen molar-refractivity contribution in [1.29, 1.82) is 0 Å². The van der Waals surface area contributed by atoms with E-state index in [1.807, 2.05) is 4.90 Å². The Morgan fingerprint density at radius 2 is 1.92 bits per heavy atom. The van der Waals surface area contributed by atoms with Gasteiger partial charge >= 0.3 is 0 Å². The molecule has 2 saturated heterocycles. The molecule has 6 nitrogen and oxygen atoms in total. The van der Waals surface area contributed by atoms with Crippen LogP contribution < -0.4 is 5.73 Å². The molecule has 0 radical (unpaired) electrons. The van der Waals surface area contributed by atoms with Gasteiger partial charge in [-0.3, -0.25) is 4.79 Å². The van der Waals surface area contributed by atoms with Gasteiger partial charge in [-0.2, -0.15) is 0 Å². The summed E-state index contributed by atoms with van der Waals surface area (Å²) in [4.78, 5) is 16.8. The van der Waals surface area contributed by atoms with Gasteiger partial charge in [0.15, 0.2) is 0 Å². The predicted octanol–water partition coefficient (Wildman–Crippen LogP) is 1.30. The molecule has 0 bridgehead atoms. The van der Waals surface area contributed by atoms with Crippen LogP contribution in [-0.4, -0.2) is 79.9 Å². The minimum absolute atomic E-state index is 0. The van der Waals surface area contributed by atoms with E-state index in [0.29, 0.717) is 32.6 Å². The third-order valence-corrected chi connectivity index (χ3v) is 4.90. The van der Waals surface area contributed by atoms with Gasteiger partial charge in [0.1, 0.15) is 0 Å². The molecule has 2 rings (SSSR count). The molecule has 0 aliphatic carbocycles. The molecule has 2 heterocycles. The van der Waals surface area contributed by atoms with Gasteiger partial charge < -0.3 is 25.0 Å². The molecule has 0 aromatic rings. The van der Waals surface area contributed by atoms with Gasteiger partial charge in [-0.25, -0.2) is 0 Å². The summed E-state index contributed by atoms with van der Waals surface area (Å²) in [6, 6.07) is 0. The number of halogens is 2. The molecule has 2 aliphatic heterocycles. The largest absolute Gasteiger partial charge is 0.381 e. The van der Waals surface area contributed by atoms with Crippen LogP contribution in [0.5, 0.6) is 0 Å². The van der Waals surface area contributed by atoms with Crippen LogP contribution in [0.4, 0.5) is 0 Å². The average molecular weight is 386 g/mol. The standard InChI is InChI=1S/C16H31N3O3.2ClH/c1-3-18(4-2)9-12-22-14-5-8-19(13-14)15(20)16(17)6-10-21-11-7-16;;/h14H,3-13,17H2,1-2H3;2*1H. The van der Waals surface area contributed by atoms with Crippen LogP contribution in [0.15, 0.2) is 0 Å². The maximum Gasteiger partial charge on any atom is 0.242 e. The molecule has 2 aliphatic rings. The summed E-state index contributed by atoms with van der Waals surface area (Å²) in [7, 11) is 0. The van der Waals surface area contributed by atoms with Crippen LogP contribution in [0.3, 0.4) is 0 Å². The Morgan fingerprint density at radius 1 is 1.29 bits per heavy atom. The summed E-state index contributed by atoms with van der Waals surface area (Å²) in [5.74, 6) is 0.0747. The van der Waals surface area contributed by atoms with Crippen molar-refractivity contribution in [1.82, 2.24) is 9.80 Å². The van der Waals surface area contributed by atoms with Crippen molar-refractivity contribution in [2.75, 3.05) is 52.5 Å². The summed E-state index contributed by atoms with van der Waals surface area (Å²) >= 11 is 0. The number of rotatable bonds is 7. The third kappa shape index (κ3) is 6.32. The van der Waals surface area contributed by atoms with Crippen molar-refractivity contribution in [3.63, 3.8) is 0 Å². The number of nitrogens with two attached hydrogens (primary N) is 1. The van der Waals surface area contributed by atoms with Crippen LogP contribution in [0.1, 0.15) is 33.1 Å². The molecule has 0 spiro atoms. The Kier molecular flexibility index (Phi) is 11.4. The zero-order chi connectivity index (χ0) is 16.0. The first-order valence-corrected chi connectivity index (χ1v) is 8.59. The van der Waals surface area contributed by atoms with Crippen LogP contribution in [-0.2, 0) is 14.3 Å². The van der Waals surface area contributed by atoms with E-state index in [2.05, 4.69) is 18.7 Å². The highest BCUT2D eigenvalue weighted by Crippen LogP contribution is 2.23. The lowest BCUT2D eigenvalue weighted by molar-refractivity contribution is -0.140. The Bertz CT molecular complexity index is 364. The van der Waals surface area contributed by atoms with Crippen molar-refractivity contribution in [2.45, 2.75) is 44.8 Å². The monoisotopic (exact) mass is 385 g/mol. The van der Waals surface area contributed by atoms with Gasteiger partial charge in [0.2, 0.25) is 5.91 Å². The third-order valence-electron chi connectivity index (χ3n) is 4.90. The maximum atomic E-state index is 12.6. The highest BCUT2D eigenvalue weighted by atomic mass is 35.5. The van der Waals surface area contributed by atoms with Crippen LogP contribution in [0.25, 0.3) is 0 Å². The summed E-state index contributed by atoms with van der Waals surface area (Å²) in [5.41, 5.74) is 5.56. The Morgan fingerprint density at radius 3 is 2.50 bits per heavy atom. The molecule has 2 fully saturated rings. The van der Waals surface area contributed by atoms with Crippen LogP contribution in [0.2, 0.25) is 0 Å². The fourth-order valence-electron chi connectivity index (χ4n) is 3.20. The van der Waals surface area contributed by atoms with Crippen LogP contribution in [0, 0.1) is 0 Å². The quantitative estimate of drug-likeness (QED) is 0.714. The topological polar surface area (TPSA) is 68.0 Å². The molecule has 0 aromatic heterocycles.